The first-order valence-electron chi connectivity index (χ1n) is 13.3. The van der Waals surface area contributed by atoms with Crippen LogP contribution in [0, 0.1) is 0 Å². The van der Waals surface area contributed by atoms with E-state index in [1.165, 1.54) is 0 Å². The zero-order valence-corrected chi connectivity index (χ0v) is 22.2. The number of hydrogen-bond acceptors (Lipinski definition) is 6. The van der Waals surface area contributed by atoms with Crippen LogP contribution in [-0.2, 0) is 22.7 Å². The predicted molar refractivity (Wildman–Crippen MR) is 152 cm³/mol. The Morgan fingerprint density at radius 1 is 0.842 bits per heavy atom. The summed E-state index contributed by atoms with van der Waals surface area (Å²) >= 11 is 0. The molecule has 0 radical (unpaired) electrons. The van der Waals surface area contributed by atoms with Crippen LogP contribution < -0.4 is 11.1 Å². The summed E-state index contributed by atoms with van der Waals surface area (Å²) in [5.74, 6) is 0. The van der Waals surface area contributed by atoms with E-state index < -0.39 is 0 Å². The number of carbonyl (C=O) groups excluding carboxylic acids is 2. The van der Waals surface area contributed by atoms with E-state index in [0.29, 0.717) is 31.8 Å². The van der Waals surface area contributed by atoms with Crippen molar-refractivity contribution in [3.05, 3.63) is 71.8 Å². The molecule has 0 bridgehead atoms. The number of ether oxygens (including phenoxy) is 2. The van der Waals surface area contributed by atoms with Crippen LogP contribution >= 0.6 is 0 Å². The molecule has 2 atom stereocenters. The Balaban J connectivity index is 0.000000263. The summed E-state index contributed by atoms with van der Waals surface area (Å²) < 4.78 is 10.6. The van der Waals surface area contributed by atoms with Gasteiger partial charge in [-0.3, -0.25) is 0 Å². The fraction of sp³-hybridized carbons (Fsp3) is 0.533. The fourth-order valence-electron chi connectivity index (χ4n) is 4.55. The molecule has 2 aliphatic heterocycles. The van der Waals surface area contributed by atoms with Gasteiger partial charge in [-0.2, -0.15) is 0 Å². The van der Waals surface area contributed by atoms with Crippen LogP contribution in [0.4, 0.5) is 9.59 Å². The van der Waals surface area contributed by atoms with Crippen LogP contribution in [0.15, 0.2) is 60.7 Å². The van der Waals surface area contributed by atoms with Gasteiger partial charge >= 0.3 is 12.2 Å². The number of nitrogens with two attached hydrogens (primary N) is 1. The van der Waals surface area contributed by atoms with Crippen molar-refractivity contribution >= 4 is 12.2 Å². The molecule has 2 aliphatic rings. The first-order valence-corrected chi connectivity index (χ1v) is 13.3. The smallest absolute Gasteiger partial charge is 0.410 e. The van der Waals surface area contributed by atoms with Gasteiger partial charge < -0.3 is 30.3 Å². The maximum absolute atomic E-state index is 12.1. The van der Waals surface area contributed by atoms with E-state index in [-0.39, 0.29) is 25.7 Å². The number of nitrogens with one attached hydrogen (secondary N) is 1. The molecule has 38 heavy (non-hydrogen) atoms. The molecule has 8 heteroatoms. The Hall–Kier alpha value is -3.10. The summed E-state index contributed by atoms with van der Waals surface area (Å²) in [7, 11) is 0. The molecule has 2 saturated heterocycles. The predicted octanol–water partition coefficient (Wildman–Crippen LogP) is 5.17. The van der Waals surface area contributed by atoms with Crippen LogP contribution in [0.3, 0.4) is 0 Å². The third kappa shape index (κ3) is 11.1. The second-order valence-corrected chi connectivity index (χ2v) is 10.0. The molecule has 2 aromatic rings. The van der Waals surface area contributed by atoms with Crippen molar-refractivity contribution in [3.63, 3.8) is 0 Å². The van der Waals surface area contributed by atoms with E-state index in [2.05, 4.69) is 19.2 Å². The number of likely N-dealkylation sites (tertiary alicyclic amines) is 2. The van der Waals surface area contributed by atoms with Crippen LogP contribution in [0.25, 0.3) is 0 Å². The summed E-state index contributed by atoms with van der Waals surface area (Å²) in [5, 5.41) is 3.49. The highest BCUT2D eigenvalue weighted by Gasteiger charge is 2.25. The number of benzene rings is 2. The van der Waals surface area contributed by atoms with Gasteiger partial charge in [-0.1, -0.05) is 81.9 Å². The highest BCUT2D eigenvalue weighted by molar-refractivity contribution is 5.68. The topological polar surface area (TPSA) is 97.1 Å². The zero-order valence-electron chi connectivity index (χ0n) is 22.2. The first kappa shape index (κ1) is 31.1. The Kier molecular flexibility index (Phi) is 13.7. The van der Waals surface area contributed by atoms with Gasteiger partial charge in [0.15, 0.2) is 0 Å². The van der Waals surface area contributed by atoms with E-state index in [1.54, 1.807) is 4.90 Å². The molecule has 4 rings (SSSR count). The minimum absolute atomic E-state index is 0. The molecule has 0 unspecified atom stereocenters. The third-order valence-corrected chi connectivity index (χ3v) is 6.37. The monoisotopic (exact) mass is 526 g/mol. The van der Waals surface area contributed by atoms with Gasteiger partial charge in [0.05, 0.1) is 0 Å². The lowest BCUT2D eigenvalue weighted by atomic mass is 10.1. The maximum Gasteiger partial charge on any atom is 0.410 e. The molecule has 0 spiro atoms. The lowest BCUT2D eigenvalue weighted by Crippen LogP contribution is -2.49. The summed E-state index contributed by atoms with van der Waals surface area (Å²) in [4.78, 5) is 27.3. The molecule has 2 aromatic carbocycles. The molecule has 0 aliphatic carbocycles. The van der Waals surface area contributed by atoms with E-state index in [4.69, 9.17) is 15.2 Å². The van der Waals surface area contributed by atoms with E-state index in [9.17, 15) is 9.59 Å². The first-order chi connectivity index (χ1) is 17.9. The van der Waals surface area contributed by atoms with Gasteiger partial charge in [-0.15, -0.1) is 0 Å². The number of hydrogen-bond donors (Lipinski definition) is 2. The van der Waals surface area contributed by atoms with Gasteiger partial charge in [0.2, 0.25) is 0 Å². The molecule has 2 amide bonds. The van der Waals surface area contributed by atoms with Gasteiger partial charge in [0.1, 0.15) is 13.2 Å². The average molecular weight is 527 g/mol. The van der Waals surface area contributed by atoms with E-state index in [1.807, 2.05) is 65.6 Å². The van der Waals surface area contributed by atoms with Crippen molar-refractivity contribution in [1.29, 1.82) is 0 Å². The third-order valence-electron chi connectivity index (χ3n) is 6.37. The van der Waals surface area contributed by atoms with Crippen molar-refractivity contribution in [2.24, 2.45) is 5.73 Å². The Labute approximate surface area is 228 Å². The quantitative estimate of drug-likeness (QED) is 0.539. The van der Waals surface area contributed by atoms with E-state index in [0.717, 1.165) is 56.4 Å². The highest BCUT2D eigenvalue weighted by Crippen LogP contribution is 2.13. The second kappa shape index (κ2) is 16.7. The minimum Gasteiger partial charge on any atom is -0.445 e. The van der Waals surface area contributed by atoms with Crippen molar-refractivity contribution in [2.75, 3.05) is 26.2 Å². The Bertz CT molecular complexity index is 942. The molecule has 210 valence electrons. The van der Waals surface area contributed by atoms with Crippen LogP contribution in [0.2, 0.25) is 0 Å². The van der Waals surface area contributed by atoms with Gasteiger partial charge in [-0.05, 0) is 36.8 Å². The Morgan fingerprint density at radius 2 is 1.32 bits per heavy atom. The summed E-state index contributed by atoms with van der Waals surface area (Å²) in [6.45, 7) is 7.83. The van der Waals surface area contributed by atoms with Crippen molar-refractivity contribution < 1.29 is 19.1 Å². The zero-order chi connectivity index (χ0) is 26.5. The van der Waals surface area contributed by atoms with Crippen LogP contribution in [-0.4, -0.2) is 66.3 Å². The minimum atomic E-state index is -0.260. The molecule has 2 heterocycles. The molecule has 0 aromatic heterocycles. The molecule has 8 nitrogen and oxygen atoms in total. The van der Waals surface area contributed by atoms with E-state index >= 15 is 0 Å². The summed E-state index contributed by atoms with van der Waals surface area (Å²) in [6, 6.07) is 20.4. The van der Waals surface area contributed by atoms with Crippen LogP contribution in [0.1, 0.15) is 58.1 Å². The molecule has 2 fully saturated rings. The Morgan fingerprint density at radius 3 is 1.79 bits per heavy atom. The average Bonchev–Trinajstić information content (AvgIpc) is 2.91. The largest absolute Gasteiger partial charge is 0.445 e. The normalized spacial score (nSPS) is 19.1. The summed E-state index contributed by atoms with van der Waals surface area (Å²) in [6.07, 6.45) is 3.64. The molecular weight excluding hydrogens is 480 g/mol. The lowest BCUT2D eigenvalue weighted by molar-refractivity contribution is 0.0824. The maximum atomic E-state index is 12.1. The molecular formula is C30H46N4O4. The van der Waals surface area contributed by atoms with Crippen LogP contribution in [0.5, 0.6) is 0 Å². The number of nitrogens with zero attached hydrogens (tertiary/aromatic N) is 2. The second-order valence-electron chi connectivity index (χ2n) is 10.0. The fourth-order valence-corrected chi connectivity index (χ4v) is 4.55. The number of rotatable bonds is 6. The molecule has 3 N–H and O–H groups in total. The van der Waals surface area contributed by atoms with Crippen molar-refractivity contribution in [3.8, 4) is 0 Å². The highest BCUT2D eigenvalue weighted by atomic mass is 16.6. The van der Waals surface area contributed by atoms with Crippen molar-refractivity contribution in [1.82, 2.24) is 15.1 Å². The van der Waals surface area contributed by atoms with Gasteiger partial charge in [-0.25, -0.2) is 9.59 Å². The lowest BCUT2D eigenvalue weighted by Gasteiger charge is -2.33. The SMILES string of the molecule is C.CC(C)N[C@@H]1CCCN(C(=O)OCc2ccccc2)C1.N[C@@H]1CCCN(C(=O)OCc2ccccc2)C1. The summed E-state index contributed by atoms with van der Waals surface area (Å²) in [5.41, 5.74) is 7.85. The number of carbonyl (C=O) groups is 2. The van der Waals surface area contributed by atoms with Gasteiger partial charge in [0, 0.05) is 44.3 Å². The standard InChI is InChI=1S/C16H24N2O2.C13H18N2O2.CH4/c1-13(2)17-15-9-6-10-18(11-15)16(19)20-12-14-7-4-3-5-8-14;14-12-7-4-8-15(9-12)13(16)17-10-11-5-2-1-3-6-11;/h3-5,7-8,13,15,17H,6,9-12H2,1-2H3;1-3,5-6,12H,4,7-10,14H2;1H4/t15-;12-;/m11./s1. The number of piperidine rings is 2. The number of amides is 2. The van der Waals surface area contributed by atoms with Crippen molar-refractivity contribution in [2.45, 2.75) is 78.3 Å². The molecule has 0 saturated carbocycles. The van der Waals surface area contributed by atoms with Gasteiger partial charge in [0.25, 0.3) is 0 Å².